The first-order chi connectivity index (χ1) is 11.2. The molecule has 0 aliphatic carbocycles. The summed E-state index contributed by atoms with van der Waals surface area (Å²) in [5.41, 5.74) is 2.34. The molecule has 122 valence electrons. The Morgan fingerprint density at radius 1 is 1.09 bits per heavy atom. The number of anilines is 1. The molecule has 0 amide bonds. The lowest BCUT2D eigenvalue weighted by Gasteiger charge is -2.16. The smallest absolute Gasteiger partial charge is 0.170 e. The Kier molecular flexibility index (Phi) is 7.43. The second kappa shape index (κ2) is 9.58. The molecule has 2 N–H and O–H groups in total. The average molecular weight is 345 g/mol. The van der Waals surface area contributed by atoms with E-state index >= 15 is 0 Å². The standard InChI is InChI=1S/C19H24N2S2/c1-3-7-15(2)20-19(22)21-17-12-10-16(11-13-17)14-23-18-8-5-4-6-9-18/h4-6,8-13,15H,3,7,14H2,1-2H3,(H2,20,21,22). The Balaban J connectivity index is 1.81. The molecule has 2 aromatic rings. The van der Waals surface area contributed by atoms with Crippen molar-refractivity contribution in [1.29, 1.82) is 0 Å². The van der Waals surface area contributed by atoms with Gasteiger partial charge in [0.15, 0.2) is 5.11 Å². The third kappa shape index (κ3) is 6.63. The van der Waals surface area contributed by atoms with Crippen LogP contribution in [0.5, 0.6) is 0 Å². The number of nitrogens with one attached hydrogen (secondary N) is 2. The molecule has 0 radical (unpaired) electrons. The van der Waals surface area contributed by atoms with Crippen LogP contribution in [0.4, 0.5) is 5.69 Å². The van der Waals surface area contributed by atoms with Crippen LogP contribution in [-0.2, 0) is 5.75 Å². The van der Waals surface area contributed by atoms with Crippen LogP contribution in [0.1, 0.15) is 32.3 Å². The highest BCUT2D eigenvalue weighted by Crippen LogP contribution is 2.23. The van der Waals surface area contributed by atoms with Crippen molar-refractivity contribution < 1.29 is 0 Å². The lowest BCUT2D eigenvalue weighted by atomic mass is 10.2. The third-order valence-electron chi connectivity index (χ3n) is 3.46. The molecule has 0 fully saturated rings. The third-order valence-corrected chi connectivity index (χ3v) is 4.76. The van der Waals surface area contributed by atoms with Gasteiger partial charge in [-0.05, 0) is 55.4 Å². The molecule has 23 heavy (non-hydrogen) atoms. The zero-order valence-electron chi connectivity index (χ0n) is 13.7. The molecule has 0 aromatic heterocycles. The SMILES string of the molecule is CCCC(C)NC(=S)Nc1ccc(CSc2ccccc2)cc1. The van der Waals surface area contributed by atoms with Gasteiger partial charge in [0.2, 0.25) is 0 Å². The van der Waals surface area contributed by atoms with Gasteiger partial charge in [0, 0.05) is 22.4 Å². The van der Waals surface area contributed by atoms with Gasteiger partial charge in [-0.2, -0.15) is 0 Å². The van der Waals surface area contributed by atoms with Gasteiger partial charge < -0.3 is 10.6 Å². The Labute approximate surface area is 149 Å². The maximum atomic E-state index is 5.35. The maximum absolute atomic E-state index is 5.35. The first kappa shape index (κ1) is 17.8. The molecule has 1 unspecified atom stereocenters. The van der Waals surface area contributed by atoms with E-state index in [9.17, 15) is 0 Å². The first-order valence-corrected chi connectivity index (χ1v) is 9.41. The Morgan fingerprint density at radius 2 is 1.78 bits per heavy atom. The summed E-state index contributed by atoms with van der Waals surface area (Å²) in [6.07, 6.45) is 2.28. The van der Waals surface area contributed by atoms with Gasteiger partial charge in [-0.25, -0.2) is 0 Å². The van der Waals surface area contributed by atoms with Crippen LogP contribution in [0, 0.1) is 0 Å². The molecule has 1 atom stereocenters. The molecular formula is C19H24N2S2. The Morgan fingerprint density at radius 3 is 2.43 bits per heavy atom. The van der Waals surface area contributed by atoms with Gasteiger partial charge in [-0.3, -0.25) is 0 Å². The number of benzene rings is 2. The molecule has 4 heteroatoms. The second-order valence-electron chi connectivity index (χ2n) is 5.59. The molecule has 0 heterocycles. The van der Waals surface area contributed by atoms with Crippen LogP contribution >= 0.6 is 24.0 Å². The zero-order valence-corrected chi connectivity index (χ0v) is 15.3. The fourth-order valence-electron chi connectivity index (χ4n) is 2.26. The second-order valence-corrected chi connectivity index (χ2v) is 7.04. The predicted octanol–water partition coefficient (Wildman–Crippen LogP) is 5.45. The van der Waals surface area contributed by atoms with Gasteiger partial charge in [0.05, 0.1) is 0 Å². The fraction of sp³-hybridized carbons (Fsp3) is 0.316. The number of thiocarbonyl (C=S) groups is 1. The van der Waals surface area contributed by atoms with Crippen LogP contribution in [0.3, 0.4) is 0 Å². The topological polar surface area (TPSA) is 24.1 Å². The van der Waals surface area contributed by atoms with Crippen molar-refractivity contribution in [3.63, 3.8) is 0 Å². The molecule has 0 spiro atoms. The highest BCUT2D eigenvalue weighted by atomic mass is 32.2. The number of hydrogen-bond donors (Lipinski definition) is 2. The summed E-state index contributed by atoms with van der Waals surface area (Å²) in [6, 6.07) is 19.3. The molecule has 2 rings (SSSR count). The Bertz CT molecular complexity index is 597. The van der Waals surface area contributed by atoms with Crippen molar-refractivity contribution in [2.24, 2.45) is 0 Å². The van der Waals surface area contributed by atoms with Crippen LogP contribution in [0.15, 0.2) is 59.5 Å². The van der Waals surface area contributed by atoms with Crippen molar-refractivity contribution in [2.45, 2.75) is 43.4 Å². The summed E-state index contributed by atoms with van der Waals surface area (Å²) in [7, 11) is 0. The van der Waals surface area contributed by atoms with Crippen LogP contribution in [0.25, 0.3) is 0 Å². The number of thioether (sulfide) groups is 1. The minimum Gasteiger partial charge on any atom is -0.360 e. The van der Waals surface area contributed by atoms with E-state index in [0.29, 0.717) is 11.2 Å². The van der Waals surface area contributed by atoms with Crippen molar-refractivity contribution in [1.82, 2.24) is 5.32 Å². The zero-order chi connectivity index (χ0) is 16.5. The van der Waals surface area contributed by atoms with Crippen molar-refractivity contribution in [3.8, 4) is 0 Å². The van der Waals surface area contributed by atoms with Gasteiger partial charge in [-0.1, -0.05) is 43.7 Å². The summed E-state index contributed by atoms with van der Waals surface area (Å²) >= 11 is 7.20. The van der Waals surface area contributed by atoms with E-state index in [1.54, 1.807) is 0 Å². The molecule has 0 aliphatic heterocycles. The normalized spacial score (nSPS) is 11.7. The Hall–Kier alpha value is -1.52. The van der Waals surface area contributed by atoms with Crippen LogP contribution in [-0.4, -0.2) is 11.2 Å². The van der Waals surface area contributed by atoms with E-state index in [-0.39, 0.29) is 0 Å². The molecule has 2 aromatic carbocycles. The van der Waals surface area contributed by atoms with Crippen LogP contribution in [0.2, 0.25) is 0 Å². The van der Waals surface area contributed by atoms with E-state index in [0.717, 1.165) is 24.3 Å². The summed E-state index contributed by atoms with van der Waals surface area (Å²) in [6.45, 7) is 4.34. The number of hydrogen-bond acceptors (Lipinski definition) is 2. The largest absolute Gasteiger partial charge is 0.360 e. The van der Waals surface area contributed by atoms with E-state index in [4.69, 9.17) is 12.2 Å². The van der Waals surface area contributed by atoms with Crippen molar-refractivity contribution in [3.05, 3.63) is 60.2 Å². The van der Waals surface area contributed by atoms with E-state index < -0.39 is 0 Å². The lowest BCUT2D eigenvalue weighted by Crippen LogP contribution is -2.35. The molecule has 0 saturated heterocycles. The summed E-state index contributed by atoms with van der Waals surface area (Å²) in [4.78, 5) is 1.30. The van der Waals surface area contributed by atoms with Crippen molar-refractivity contribution >= 4 is 34.8 Å². The highest BCUT2D eigenvalue weighted by Gasteiger charge is 2.03. The van der Waals surface area contributed by atoms with Crippen molar-refractivity contribution in [2.75, 3.05) is 5.32 Å². The van der Waals surface area contributed by atoms with E-state index in [2.05, 4.69) is 73.0 Å². The molecule has 0 saturated carbocycles. The number of rotatable bonds is 7. The van der Waals surface area contributed by atoms with Gasteiger partial charge in [-0.15, -0.1) is 11.8 Å². The average Bonchev–Trinajstić information content (AvgIpc) is 2.55. The first-order valence-electron chi connectivity index (χ1n) is 8.01. The maximum Gasteiger partial charge on any atom is 0.170 e. The summed E-state index contributed by atoms with van der Waals surface area (Å²) in [5.74, 6) is 0.973. The lowest BCUT2D eigenvalue weighted by molar-refractivity contribution is 0.599. The highest BCUT2D eigenvalue weighted by molar-refractivity contribution is 7.98. The monoisotopic (exact) mass is 344 g/mol. The van der Waals surface area contributed by atoms with Gasteiger partial charge in [0.1, 0.15) is 0 Å². The minimum absolute atomic E-state index is 0.404. The minimum atomic E-state index is 0.404. The summed E-state index contributed by atoms with van der Waals surface area (Å²) < 4.78 is 0. The van der Waals surface area contributed by atoms with Gasteiger partial charge >= 0.3 is 0 Å². The fourth-order valence-corrected chi connectivity index (χ4v) is 3.46. The van der Waals surface area contributed by atoms with Crippen LogP contribution < -0.4 is 10.6 Å². The summed E-state index contributed by atoms with van der Waals surface area (Å²) in [5, 5.41) is 7.24. The van der Waals surface area contributed by atoms with E-state index in [1.807, 2.05) is 17.8 Å². The van der Waals surface area contributed by atoms with E-state index in [1.165, 1.54) is 10.5 Å². The quantitative estimate of drug-likeness (QED) is 0.515. The van der Waals surface area contributed by atoms with Gasteiger partial charge in [0.25, 0.3) is 0 Å². The molecule has 0 aliphatic rings. The molecular weight excluding hydrogens is 320 g/mol. The molecule has 0 bridgehead atoms. The predicted molar refractivity (Wildman–Crippen MR) is 106 cm³/mol. The molecule has 2 nitrogen and oxygen atoms in total.